The first-order valence-electron chi connectivity index (χ1n) is 7.08. The minimum Gasteiger partial charge on any atom is -0.352 e. The van der Waals surface area contributed by atoms with Crippen molar-refractivity contribution in [3.8, 4) is 0 Å². The molecular formula is C15H22ClN3O. The van der Waals surface area contributed by atoms with E-state index in [0.29, 0.717) is 6.04 Å². The van der Waals surface area contributed by atoms with Crippen molar-refractivity contribution in [3.05, 3.63) is 35.9 Å². The van der Waals surface area contributed by atoms with Crippen molar-refractivity contribution in [2.24, 2.45) is 5.92 Å². The van der Waals surface area contributed by atoms with Crippen LogP contribution in [0.25, 0.3) is 0 Å². The molecule has 2 fully saturated rings. The van der Waals surface area contributed by atoms with Crippen molar-refractivity contribution < 1.29 is 4.79 Å². The molecule has 1 amide bonds. The maximum atomic E-state index is 11.9. The number of amides is 1. The number of carbonyl (C=O) groups excluding carboxylic acids is 1. The van der Waals surface area contributed by atoms with Gasteiger partial charge in [-0.25, -0.2) is 0 Å². The zero-order valence-corrected chi connectivity index (χ0v) is 12.4. The van der Waals surface area contributed by atoms with E-state index < -0.39 is 0 Å². The van der Waals surface area contributed by atoms with Gasteiger partial charge in [0.1, 0.15) is 0 Å². The number of hydrogen-bond acceptors (Lipinski definition) is 3. The van der Waals surface area contributed by atoms with E-state index in [9.17, 15) is 4.79 Å². The molecule has 0 aromatic heterocycles. The minimum atomic E-state index is 0. The Morgan fingerprint density at radius 3 is 2.70 bits per heavy atom. The first-order chi connectivity index (χ1) is 9.31. The third kappa shape index (κ3) is 3.72. The topological polar surface area (TPSA) is 44.4 Å². The number of rotatable bonds is 4. The van der Waals surface area contributed by atoms with E-state index in [0.717, 1.165) is 39.1 Å². The Bertz CT molecular complexity index is 436. The van der Waals surface area contributed by atoms with Gasteiger partial charge in [0.15, 0.2) is 0 Å². The molecule has 0 radical (unpaired) electrons. The van der Waals surface area contributed by atoms with Crippen LogP contribution >= 0.6 is 12.4 Å². The van der Waals surface area contributed by atoms with Crippen LogP contribution in [0.4, 0.5) is 0 Å². The van der Waals surface area contributed by atoms with Gasteiger partial charge < -0.3 is 10.6 Å². The van der Waals surface area contributed by atoms with Crippen LogP contribution in [0.3, 0.4) is 0 Å². The maximum absolute atomic E-state index is 11.9. The largest absolute Gasteiger partial charge is 0.352 e. The Morgan fingerprint density at radius 1 is 1.30 bits per heavy atom. The molecule has 4 nitrogen and oxygen atoms in total. The van der Waals surface area contributed by atoms with Crippen LogP contribution < -0.4 is 10.6 Å². The lowest BCUT2D eigenvalue weighted by Crippen LogP contribution is -2.53. The van der Waals surface area contributed by atoms with Gasteiger partial charge in [0.25, 0.3) is 0 Å². The van der Waals surface area contributed by atoms with E-state index in [1.165, 1.54) is 5.56 Å². The van der Waals surface area contributed by atoms with Crippen LogP contribution in [0.1, 0.15) is 12.0 Å². The maximum Gasteiger partial charge on any atom is 0.225 e. The molecule has 3 rings (SSSR count). The molecule has 0 saturated carbocycles. The Kier molecular flexibility index (Phi) is 5.40. The van der Waals surface area contributed by atoms with Gasteiger partial charge in [-0.1, -0.05) is 30.3 Å². The van der Waals surface area contributed by atoms with Crippen LogP contribution in [-0.4, -0.2) is 43.0 Å². The van der Waals surface area contributed by atoms with Gasteiger partial charge in [-0.2, -0.15) is 0 Å². The van der Waals surface area contributed by atoms with Gasteiger partial charge in [-0.3, -0.25) is 9.69 Å². The number of likely N-dealkylation sites (tertiary alicyclic amines) is 1. The first kappa shape index (κ1) is 15.3. The highest BCUT2D eigenvalue weighted by Gasteiger charge is 2.29. The van der Waals surface area contributed by atoms with Gasteiger partial charge in [-0.15, -0.1) is 12.4 Å². The van der Waals surface area contributed by atoms with Crippen LogP contribution in [0.5, 0.6) is 0 Å². The van der Waals surface area contributed by atoms with E-state index in [4.69, 9.17) is 0 Å². The van der Waals surface area contributed by atoms with Gasteiger partial charge in [0.2, 0.25) is 5.91 Å². The average Bonchev–Trinajstić information content (AvgIpc) is 2.75. The fourth-order valence-electron chi connectivity index (χ4n) is 2.73. The number of halogens is 1. The monoisotopic (exact) mass is 295 g/mol. The van der Waals surface area contributed by atoms with Crippen molar-refractivity contribution in [2.75, 3.05) is 26.2 Å². The zero-order chi connectivity index (χ0) is 13.1. The lowest BCUT2D eigenvalue weighted by Gasteiger charge is -2.27. The highest BCUT2D eigenvalue weighted by molar-refractivity contribution is 5.85. The number of hydrogen-bond donors (Lipinski definition) is 2. The molecule has 5 heteroatoms. The summed E-state index contributed by atoms with van der Waals surface area (Å²) in [5, 5.41) is 6.31. The fourth-order valence-corrected chi connectivity index (χ4v) is 2.73. The fraction of sp³-hybridized carbons (Fsp3) is 0.533. The molecule has 1 aromatic carbocycles. The number of nitrogens with one attached hydrogen (secondary N) is 2. The summed E-state index contributed by atoms with van der Waals surface area (Å²) in [6.07, 6.45) is 1.07. The Morgan fingerprint density at radius 2 is 2.05 bits per heavy atom. The molecular weight excluding hydrogens is 274 g/mol. The minimum absolute atomic E-state index is 0. The highest BCUT2D eigenvalue weighted by atomic mass is 35.5. The van der Waals surface area contributed by atoms with Crippen LogP contribution in [-0.2, 0) is 11.3 Å². The number of benzene rings is 1. The van der Waals surface area contributed by atoms with Gasteiger partial charge in [-0.05, 0) is 12.0 Å². The molecule has 1 unspecified atom stereocenters. The smallest absolute Gasteiger partial charge is 0.225 e. The Labute approximate surface area is 126 Å². The Balaban J connectivity index is 0.00000147. The summed E-state index contributed by atoms with van der Waals surface area (Å²) in [5.74, 6) is 0.425. The van der Waals surface area contributed by atoms with E-state index in [-0.39, 0.29) is 24.2 Å². The van der Waals surface area contributed by atoms with E-state index in [2.05, 4.69) is 39.8 Å². The molecule has 0 bridgehead atoms. The van der Waals surface area contributed by atoms with Gasteiger partial charge in [0.05, 0.1) is 5.92 Å². The molecule has 2 heterocycles. The molecule has 0 aliphatic carbocycles. The third-order valence-electron chi connectivity index (χ3n) is 4.02. The van der Waals surface area contributed by atoms with Crippen molar-refractivity contribution in [1.29, 1.82) is 0 Å². The molecule has 1 aromatic rings. The predicted octanol–water partition coefficient (Wildman–Crippen LogP) is 1.02. The first-order valence-corrected chi connectivity index (χ1v) is 7.08. The molecule has 110 valence electrons. The lowest BCUT2D eigenvalue weighted by atomic mass is 10.0. The highest BCUT2D eigenvalue weighted by Crippen LogP contribution is 2.14. The average molecular weight is 296 g/mol. The zero-order valence-electron chi connectivity index (χ0n) is 11.5. The van der Waals surface area contributed by atoms with Crippen molar-refractivity contribution in [3.63, 3.8) is 0 Å². The van der Waals surface area contributed by atoms with Crippen molar-refractivity contribution in [1.82, 2.24) is 15.5 Å². The van der Waals surface area contributed by atoms with Gasteiger partial charge >= 0.3 is 0 Å². The van der Waals surface area contributed by atoms with Crippen molar-refractivity contribution in [2.45, 2.75) is 19.0 Å². The predicted molar refractivity (Wildman–Crippen MR) is 81.9 cm³/mol. The standard InChI is InChI=1S/C15H21N3O.ClH/c19-15(13-8-16-9-13)17-14-6-7-18(11-14)10-12-4-2-1-3-5-12;/h1-5,13-14,16H,6-11H2,(H,17,19);1H. The summed E-state index contributed by atoms with van der Waals surface area (Å²) in [5.41, 5.74) is 1.35. The second kappa shape index (κ2) is 7.07. The van der Waals surface area contributed by atoms with Crippen LogP contribution in [0.15, 0.2) is 30.3 Å². The summed E-state index contributed by atoms with van der Waals surface area (Å²) in [6.45, 7) is 4.71. The van der Waals surface area contributed by atoms with Crippen LogP contribution in [0, 0.1) is 5.92 Å². The summed E-state index contributed by atoms with van der Waals surface area (Å²) < 4.78 is 0. The van der Waals surface area contributed by atoms with Crippen LogP contribution in [0.2, 0.25) is 0 Å². The quantitative estimate of drug-likeness (QED) is 0.872. The summed E-state index contributed by atoms with van der Waals surface area (Å²) >= 11 is 0. The SMILES string of the molecule is Cl.O=C(NC1CCN(Cc2ccccc2)C1)C1CNC1. The van der Waals surface area contributed by atoms with E-state index >= 15 is 0 Å². The molecule has 2 aliphatic heterocycles. The number of nitrogens with zero attached hydrogens (tertiary/aromatic N) is 1. The van der Waals surface area contributed by atoms with E-state index in [1.807, 2.05) is 6.07 Å². The lowest BCUT2D eigenvalue weighted by molar-refractivity contribution is -0.127. The molecule has 0 spiro atoms. The van der Waals surface area contributed by atoms with E-state index in [1.54, 1.807) is 0 Å². The second-order valence-corrected chi connectivity index (χ2v) is 5.57. The van der Waals surface area contributed by atoms with Gasteiger partial charge in [0, 0.05) is 38.8 Å². The normalized spacial score (nSPS) is 22.9. The van der Waals surface area contributed by atoms with Crippen molar-refractivity contribution >= 4 is 18.3 Å². The molecule has 20 heavy (non-hydrogen) atoms. The summed E-state index contributed by atoms with van der Waals surface area (Å²) in [4.78, 5) is 14.3. The summed E-state index contributed by atoms with van der Waals surface area (Å²) in [7, 11) is 0. The summed E-state index contributed by atoms with van der Waals surface area (Å²) in [6, 6.07) is 10.8. The third-order valence-corrected chi connectivity index (χ3v) is 4.02. The Hall–Kier alpha value is -1.10. The second-order valence-electron chi connectivity index (χ2n) is 5.57. The molecule has 2 saturated heterocycles. The molecule has 2 N–H and O–H groups in total. The molecule has 2 aliphatic rings. The molecule has 1 atom stereocenters. The number of carbonyl (C=O) groups is 1.